The van der Waals surface area contributed by atoms with Gasteiger partial charge < -0.3 is 5.32 Å². The van der Waals surface area contributed by atoms with E-state index in [1.807, 2.05) is 43.8 Å². The number of aryl methyl sites for hydroxylation is 2. The third kappa shape index (κ3) is 3.43. The first-order valence-electron chi connectivity index (χ1n) is 6.41. The van der Waals surface area contributed by atoms with Gasteiger partial charge in [0.2, 0.25) is 5.91 Å². The molecule has 0 bridgehead atoms. The van der Waals surface area contributed by atoms with Crippen LogP contribution in [0.2, 0.25) is 0 Å². The smallest absolute Gasteiger partial charge is 0.242 e. The van der Waals surface area contributed by atoms with Crippen LogP contribution in [0.3, 0.4) is 0 Å². The van der Waals surface area contributed by atoms with E-state index in [1.54, 1.807) is 10.9 Å². The van der Waals surface area contributed by atoms with Crippen molar-refractivity contribution in [1.29, 1.82) is 0 Å². The van der Waals surface area contributed by atoms with E-state index in [2.05, 4.69) is 15.5 Å². The minimum Gasteiger partial charge on any atom is -0.346 e. The van der Waals surface area contributed by atoms with Crippen LogP contribution in [-0.2, 0) is 17.9 Å². The fourth-order valence-electron chi connectivity index (χ4n) is 1.84. The van der Waals surface area contributed by atoms with Crippen molar-refractivity contribution < 1.29 is 4.79 Å². The summed E-state index contributed by atoms with van der Waals surface area (Å²) in [5.41, 5.74) is 1.77. The first kappa shape index (κ1) is 13.3. The lowest BCUT2D eigenvalue weighted by Gasteiger charge is -2.11. The molecule has 0 aliphatic carbocycles. The van der Waals surface area contributed by atoms with Crippen molar-refractivity contribution in [2.45, 2.75) is 39.9 Å². The van der Waals surface area contributed by atoms with Gasteiger partial charge in [-0.25, -0.2) is 0 Å². The molecule has 0 radical (unpaired) electrons. The Morgan fingerprint density at radius 3 is 2.63 bits per heavy atom. The summed E-state index contributed by atoms with van der Waals surface area (Å²) in [5.74, 6) is -0.0679. The Balaban J connectivity index is 1.91. The van der Waals surface area contributed by atoms with E-state index in [1.165, 1.54) is 0 Å². The quantitative estimate of drug-likeness (QED) is 0.882. The average molecular weight is 261 g/mol. The first-order valence-corrected chi connectivity index (χ1v) is 6.41. The number of hydrogen-bond donors (Lipinski definition) is 1. The van der Waals surface area contributed by atoms with Crippen molar-refractivity contribution in [3.8, 4) is 0 Å². The van der Waals surface area contributed by atoms with Gasteiger partial charge in [-0.2, -0.15) is 10.2 Å². The van der Waals surface area contributed by atoms with E-state index >= 15 is 0 Å². The second-order valence-corrected chi connectivity index (χ2v) is 4.54. The first-order chi connectivity index (χ1) is 9.08. The summed E-state index contributed by atoms with van der Waals surface area (Å²) in [4.78, 5) is 11.9. The van der Waals surface area contributed by atoms with Crippen LogP contribution in [0.4, 0.5) is 0 Å². The van der Waals surface area contributed by atoms with Gasteiger partial charge in [0, 0.05) is 18.9 Å². The second-order valence-electron chi connectivity index (χ2n) is 4.54. The molecule has 6 heteroatoms. The molecule has 0 aromatic carbocycles. The highest BCUT2D eigenvalue weighted by molar-refractivity contribution is 5.76. The molecule has 0 aliphatic rings. The van der Waals surface area contributed by atoms with Gasteiger partial charge in [-0.05, 0) is 32.9 Å². The molecule has 1 amide bonds. The van der Waals surface area contributed by atoms with E-state index in [4.69, 9.17) is 0 Å². The Labute approximate surface area is 112 Å². The lowest BCUT2D eigenvalue weighted by molar-refractivity contribution is -0.122. The minimum atomic E-state index is -0.100. The summed E-state index contributed by atoms with van der Waals surface area (Å²) in [6, 6.07) is 3.70. The van der Waals surface area contributed by atoms with Gasteiger partial charge in [-0.3, -0.25) is 14.2 Å². The van der Waals surface area contributed by atoms with Crippen LogP contribution < -0.4 is 5.32 Å². The average Bonchev–Trinajstić information content (AvgIpc) is 2.98. The number of amides is 1. The molecular weight excluding hydrogens is 242 g/mol. The zero-order valence-electron chi connectivity index (χ0n) is 11.5. The Bertz CT molecular complexity index is 557. The molecule has 2 rings (SSSR count). The van der Waals surface area contributed by atoms with Gasteiger partial charge in [0.1, 0.15) is 6.54 Å². The topological polar surface area (TPSA) is 64.7 Å². The predicted octanol–water partition coefficient (Wildman–Crippen LogP) is 1.29. The Morgan fingerprint density at radius 2 is 2.05 bits per heavy atom. The summed E-state index contributed by atoms with van der Waals surface area (Å²) in [7, 11) is 0. The van der Waals surface area contributed by atoms with Crippen molar-refractivity contribution in [2.24, 2.45) is 0 Å². The normalized spacial score (nSPS) is 12.4. The van der Waals surface area contributed by atoms with Gasteiger partial charge in [-0.15, -0.1) is 0 Å². The molecule has 2 aromatic rings. The van der Waals surface area contributed by atoms with E-state index in [9.17, 15) is 4.79 Å². The predicted molar refractivity (Wildman–Crippen MR) is 71.4 cm³/mol. The summed E-state index contributed by atoms with van der Waals surface area (Å²) in [5, 5.41) is 11.5. The number of rotatable bonds is 5. The number of nitrogens with zero attached hydrogens (tertiary/aromatic N) is 4. The van der Waals surface area contributed by atoms with Gasteiger partial charge in [-0.1, -0.05) is 0 Å². The molecule has 0 spiro atoms. The van der Waals surface area contributed by atoms with Gasteiger partial charge in [0.25, 0.3) is 0 Å². The highest BCUT2D eigenvalue weighted by Gasteiger charge is 2.12. The zero-order chi connectivity index (χ0) is 13.8. The molecule has 102 valence electrons. The summed E-state index contributed by atoms with van der Waals surface area (Å²) >= 11 is 0. The lowest BCUT2D eigenvalue weighted by Crippen LogP contribution is -2.30. The number of nitrogens with one attached hydrogen (secondary N) is 1. The van der Waals surface area contributed by atoms with E-state index in [0.717, 1.165) is 17.9 Å². The van der Waals surface area contributed by atoms with Crippen LogP contribution in [0.15, 0.2) is 24.5 Å². The number of carbonyl (C=O) groups is 1. The maximum atomic E-state index is 11.9. The largest absolute Gasteiger partial charge is 0.346 e. The summed E-state index contributed by atoms with van der Waals surface area (Å²) in [6.45, 7) is 6.91. The molecule has 1 atom stereocenters. The molecule has 6 nitrogen and oxygen atoms in total. The minimum absolute atomic E-state index is 0.0679. The standard InChI is InChI=1S/C13H19N5O/c1-4-17-8-6-12(16-17)11(3)14-13(19)9-18-7-5-10(2)15-18/h5-8,11H,4,9H2,1-3H3,(H,14,19). The maximum absolute atomic E-state index is 11.9. The number of aromatic nitrogens is 4. The van der Waals surface area contributed by atoms with Crippen LogP contribution >= 0.6 is 0 Å². The van der Waals surface area contributed by atoms with Crippen LogP contribution in [0.25, 0.3) is 0 Å². The van der Waals surface area contributed by atoms with E-state index in [-0.39, 0.29) is 18.5 Å². The molecule has 0 fully saturated rings. The number of hydrogen-bond acceptors (Lipinski definition) is 3. The highest BCUT2D eigenvalue weighted by atomic mass is 16.2. The molecule has 1 N–H and O–H groups in total. The van der Waals surface area contributed by atoms with Crippen LogP contribution in [-0.4, -0.2) is 25.5 Å². The lowest BCUT2D eigenvalue weighted by atomic mass is 10.2. The fraction of sp³-hybridized carbons (Fsp3) is 0.462. The highest BCUT2D eigenvalue weighted by Crippen LogP contribution is 2.08. The zero-order valence-corrected chi connectivity index (χ0v) is 11.5. The molecule has 0 saturated carbocycles. The van der Waals surface area contributed by atoms with Crippen molar-refractivity contribution in [1.82, 2.24) is 24.9 Å². The summed E-state index contributed by atoms with van der Waals surface area (Å²) in [6.07, 6.45) is 3.71. The molecular formula is C13H19N5O. The third-order valence-electron chi connectivity index (χ3n) is 2.89. The van der Waals surface area contributed by atoms with Crippen molar-refractivity contribution in [2.75, 3.05) is 0 Å². The van der Waals surface area contributed by atoms with Gasteiger partial charge in [0.05, 0.1) is 17.4 Å². The molecule has 2 aromatic heterocycles. The van der Waals surface area contributed by atoms with Crippen molar-refractivity contribution >= 4 is 5.91 Å². The molecule has 19 heavy (non-hydrogen) atoms. The van der Waals surface area contributed by atoms with Crippen LogP contribution in [0.1, 0.15) is 31.3 Å². The fourth-order valence-corrected chi connectivity index (χ4v) is 1.84. The van der Waals surface area contributed by atoms with Crippen LogP contribution in [0.5, 0.6) is 0 Å². The van der Waals surface area contributed by atoms with E-state index in [0.29, 0.717) is 0 Å². The molecule has 0 saturated heterocycles. The van der Waals surface area contributed by atoms with Crippen molar-refractivity contribution in [3.05, 3.63) is 35.9 Å². The van der Waals surface area contributed by atoms with Crippen LogP contribution in [0, 0.1) is 6.92 Å². The summed E-state index contributed by atoms with van der Waals surface area (Å²) < 4.78 is 3.47. The Morgan fingerprint density at radius 1 is 1.32 bits per heavy atom. The third-order valence-corrected chi connectivity index (χ3v) is 2.89. The van der Waals surface area contributed by atoms with Crippen molar-refractivity contribution in [3.63, 3.8) is 0 Å². The SMILES string of the molecule is CCn1ccc(C(C)NC(=O)Cn2ccc(C)n2)n1. The van der Waals surface area contributed by atoms with Gasteiger partial charge >= 0.3 is 0 Å². The molecule has 0 aliphatic heterocycles. The van der Waals surface area contributed by atoms with Gasteiger partial charge in [0.15, 0.2) is 0 Å². The van der Waals surface area contributed by atoms with E-state index < -0.39 is 0 Å². The second kappa shape index (κ2) is 5.69. The Hall–Kier alpha value is -2.11. The monoisotopic (exact) mass is 261 g/mol. The Kier molecular flexibility index (Phi) is 3.99. The maximum Gasteiger partial charge on any atom is 0.242 e. The molecule has 2 heterocycles. The molecule has 1 unspecified atom stereocenters. The number of carbonyl (C=O) groups excluding carboxylic acids is 1.